The Hall–Kier alpha value is -3.41. The minimum absolute atomic E-state index is 0.101. The largest absolute Gasteiger partial charge is 0.462 e. The van der Waals surface area contributed by atoms with Crippen molar-refractivity contribution in [2.24, 2.45) is 0 Å². The summed E-state index contributed by atoms with van der Waals surface area (Å²) in [5, 5.41) is 0. The van der Waals surface area contributed by atoms with Gasteiger partial charge in [0.1, 0.15) is 13.2 Å². The van der Waals surface area contributed by atoms with Crippen LogP contribution in [-0.2, 0) is 28.6 Å². The molecular formula is C57H96O6. The van der Waals surface area contributed by atoms with Gasteiger partial charge in [0.2, 0.25) is 0 Å². The van der Waals surface area contributed by atoms with Gasteiger partial charge in [-0.05, 0) is 89.9 Å². The molecule has 0 aliphatic rings. The van der Waals surface area contributed by atoms with Crippen molar-refractivity contribution in [2.45, 2.75) is 245 Å². The lowest BCUT2D eigenvalue weighted by atomic mass is 10.1. The molecule has 0 radical (unpaired) electrons. The van der Waals surface area contributed by atoms with Gasteiger partial charge in [0.15, 0.2) is 6.10 Å². The van der Waals surface area contributed by atoms with Gasteiger partial charge in [-0.3, -0.25) is 14.4 Å². The summed E-state index contributed by atoms with van der Waals surface area (Å²) in [7, 11) is 0. The van der Waals surface area contributed by atoms with Crippen molar-refractivity contribution in [2.75, 3.05) is 13.2 Å². The molecule has 360 valence electrons. The van der Waals surface area contributed by atoms with Crippen LogP contribution in [0.4, 0.5) is 0 Å². The zero-order valence-corrected chi connectivity index (χ0v) is 41.1. The fraction of sp³-hybridized carbons (Fsp3) is 0.702. The molecule has 0 rings (SSSR count). The van der Waals surface area contributed by atoms with Crippen LogP contribution in [0, 0.1) is 0 Å². The normalized spacial score (nSPS) is 12.7. The highest BCUT2D eigenvalue weighted by Gasteiger charge is 2.19. The summed E-state index contributed by atoms with van der Waals surface area (Å²) < 4.78 is 16.7. The SMILES string of the molecule is CC\C=C/C=C\C=C/C=C\C=C/CCCCCC(=O)OC(COC(=O)CCCCC/C=C\CCCCCCCC)COC(=O)CCCCCCCCC/C=C\CCCCCCCC. The Morgan fingerprint density at radius 2 is 0.635 bits per heavy atom. The first kappa shape index (κ1) is 59.6. The molecule has 1 atom stereocenters. The molecule has 0 N–H and O–H groups in total. The first-order chi connectivity index (χ1) is 31.0. The van der Waals surface area contributed by atoms with E-state index >= 15 is 0 Å². The van der Waals surface area contributed by atoms with E-state index in [1.807, 2.05) is 48.6 Å². The third kappa shape index (κ3) is 49.5. The predicted molar refractivity (Wildman–Crippen MR) is 270 cm³/mol. The lowest BCUT2D eigenvalue weighted by Crippen LogP contribution is -2.30. The van der Waals surface area contributed by atoms with Gasteiger partial charge < -0.3 is 14.2 Å². The van der Waals surface area contributed by atoms with Gasteiger partial charge in [0, 0.05) is 19.3 Å². The Labute approximate surface area is 388 Å². The molecule has 0 aliphatic heterocycles. The van der Waals surface area contributed by atoms with Gasteiger partial charge in [-0.15, -0.1) is 0 Å². The second kappa shape index (κ2) is 51.2. The number of allylic oxidation sites excluding steroid dienone is 14. The van der Waals surface area contributed by atoms with Gasteiger partial charge >= 0.3 is 17.9 Å². The van der Waals surface area contributed by atoms with Crippen LogP contribution < -0.4 is 0 Å². The molecule has 0 aromatic heterocycles. The summed E-state index contributed by atoms with van der Waals surface area (Å²) in [6.45, 7) is 6.43. The van der Waals surface area contributed by atoms with Crippen molar-refractivity contribution in [3.63, 3.8) is 0 Å². The monoisotopic (exact) mass is 877 g/mol. The molecule has 0 bridgehead atoms. The number of carbonyl (C=O) groups is 3. The van der Waals surface area contributed by atoms with Crippen LogP contribution in [0.2, 0.25) is 0 Å². The maximum absolute atomic E-state index is 12.8. The molecule has 0 heterocycles. The van der Waals surface area contributed by atoms with Gasteiger partial charge in [-0.2, -0.15) is 0 Å². The molecular weight excluding hydrogens is 781 g/mol. The maximum Gasteiger partial charge on any atom is 0.306 e. The van der Waals surface area contributed by atoms with E-state index in [4.69, 9.17) is 14.2 Å². The highest BCUT2D eigenvalue weighted by atomic mass is 16.6. The zero-order valence-electron chi connectivity index (χ0n) is 41.1. The molecule has 1 unspecified atom stereocenters. The minimum atomic E-state index is -0.806. The Kier molecular flexibility index (Phi) is 48.5. The van der Waals surface area contributed by atoms with Crippen molar-refractivity contribution in [1.82, 2.24) is 0 Å². The minimum Gasteiger partial charge on any atom is -0.462 e. The van der Waals surface area contributed by atoms with E-state index in [-0.39, 0.29) is 37.5 Å². The molecule has 0 amide bonds. The molecule has 0 spiro atoms. The molecule has 0 aromatic rings. The Morgan fingerprint density at radius 3 is 1.03 bits per heavy atom. The van der Waals surface area contributed by atoms with Gasteiger partial charge in [0.25, 0.3) is 0 Å². The average molecular weight is 877 g/mol. The second-order valence-corrected chi connectivity index (χ2v) is 17.2. The van der Waals surface area contributed by atoms with Crippen LogP contribution in [0.3, 0.4) is 0 Å². The Balaban J connectivity index is 4.47. The molecule has 0 aromatic carbocycles. The van der Waals surface area contributed by atoms with Crippen molar-refractivity contribution in [3.8, 4) is 0 Å². The van der Waals surface area contributed by atoms with Crippen LogP contribution in [-0.4, -0.2) is 37.2 Å². The molecule has 6 heteroatoms. The molecule has 0 saturated heterocycles. The van der Waals surface area contributed by atoms with Crippen LogP contribution >= 0.6 is 0 Å². The quantitative estimate of drug-likeness (QED) is 0.0199. The van der Waals surface area contributed by atoms with E-state index in [0.29, 0.717) is 19.3 Å². The van der Waals surface area contributed by atoms with E-state index in [2.05, 4.69) is 57.2 Å². The second-order valence-electron chi connectivity index (χ2n) is 17.2. The average Bonchev–Trinajstić information content (AvgIpc) is 3.28. The first-order valence-corrected chi connectivity index (χ1v) is 26.2. The standard InChI is InChI=1S/C57H96O6/c1-4-7-10-13-16-19-22-25-27-28-30-32-35-38-41-44-47-50-56(59)62-53-54(52-61-55(58)49-46-43-40-37-34-31-24-21-18-15-12-9-6-3)63-57(60)51-48-45-42-39-36-33-29-26-23-20-17-14-11-8-5-2/h8,11,14,17,20,23,25-27,29,31,33-34,36,54H,4-7,9-10,12-13,15-16,18-19,21-22,24,28,30,32,35,37-53H2,1-3H3/b11-8-,17-14-,23-20-,27-25-,29-26-,34-31-,36-33-. The smallest absolute Gasteiger partial charge is 0.306 e. The summed E-state index contributed by atoms with van der Waals surface area (Å²) >= 11 is 0. The summed E-state index contributed by atoms with van der Waals surface area (Å²) in [4.78, 5) is 38.0. The molecule has 0 fully saturated rings. The van der Waals surface area contributed by atoms with Gasteiger partial charge in [-0.1, -0.05) is 215 Å². The Morgan fingerprint density at radius 1 is 0.333 bits per heavy atom. The number of esters is 3. The van der Waals surface area contributed by atoms with E-state index in [1.165, 1.54) is 116 Å². The van der Waals surface area contributed by atoms with Crippen molar-refractivity contribution < 1.29 is 28.6 Å². The first-order valence-electron chi connectivity index (χ1n) is 26.2. The van der Waals surface area contributed by atoms with Crippen LogP contribution in [0.15, 0.2) is 85.1 Å². The fourth-order valence-electron chi connectivity index (χ4n) is 7.04. The van der Waals surface area contributed by atoms with Crippen LogP contribution in [0.5, 0.6) is 0 Å². The lowest BCUT2D eigenvalue weighted by molar-refractivity contribution is -0.167. The maximum atomic E-state index is 12.8. The number of hydrogen-bond acceptors (Lipinski definition) is 6. The van der Waals surface area contributed by atoms with E-state index in [1.54, 1.807) is 0 Å². The highest BCUT2D eigenvalue weighted by Crippen LogP contribution is 2.14. The van der Waals surface area contributed by atoms with Gasteiger partial charge in [-0.25, -0.2) is 0 Å². The van der Waals surface area contributed by atoms with Crippen LogP contribution in [0.25, 0.3) is 0 Å². The van der Waals surface area contributed by atoms with Crippen molar-refractivity contribution in [1.29, 1.82) is 0 Å². The summed E-state index contributed by atoms with van der Waals surface area (Å²) in [6, 6.07) is 0. The lowest BCUT2D eigenvalue weighted by Gasteiger charge is -2.18. The van der Waals surface area contributed by atoms with Gasteiger partial charge in [0.05, 0.1) is 0 Å². The number of rotatable bonds is 46. The number of unbranched alkanes of at least 4 members (excludes halogenated alkanes) is 25. The third-order valence-corrected chi connectivity index (χ3v) is 11.0. The summed E-state index contributed by atoms with van der Waals surface area (Å²) in [6.07, 6.45) is 65.6. The predicted octanol–water partition coefficient (Wildman–Crippen LogP) is 17.2. The van der Waals surface area contributed by atoms with E-state index < -0.39 is 6.10 Å². The highest BCUT2D eigenvalue weighted by molar-refractivity contribution is 5.71. The number of ether oxygens (including phenoxy) is 3. The third-order valence-electron chi connectivity index (χ3n) is 11.0. The molecule has 6 nitrogen and oxygen atoms in total. The fourth-order valence-corrected chi connectivity index (χ4v) is 7.04. The molecule has 63 heavy (non-hydrogen) atoms. The van der Waals surface area contributed by atoms with Crippen molar-refractivity contribution >= 4 is 17.9 Å². The summed E-state index contributed by atoms with van der Waals surface area (Å²) in [5.41, 5.74) is 0. The molecule has 0 saturated carbocycles. The molecule has 0 aliphatic carbocycles. The summed E-state index contributed by atoms with van der Waals surface area (Å²) in [5.74, 6) is -0.964. The number of carbonyl (C=O) groups excluding carboxylic acids is 3. The van der Waals surface area contributed by atoms with E-state index in [9.17, 15) is 14.4 Å². The van der Waals surface area contributed by atoms with E-state index in [0.717, 1.165) is 77.0 Å². The Bertz CT molecular complexity index is 1240. The number of hydrogen-bond donors (Lipinski definition) is 0. The zero-order chi connectivity index (χ0) is 45.8. The topological polar surface area (TPSA) is 78.9 Å². The van der Waals surface area contributed by atoms with Crippen molar-refractivity contribution in [3.05, 3.63) is 85.1 Å². The van der Waals surface area contributed by atoms with Crippen LogP contribution in [0.1, 0.15) is 239 Å².